The second-order valence-electron chi connectivity index (χ2n) is 5.30. The number of nitrogens with zero attached hydrogens (tertiary/aromatic N) is 1. The molecule has 3 heteroatoms. The topological polar surface area (TPSA) is 52.9 Å². The third-order valence-corrected chi connectivity index (χ3v) is 3.74. The Morgan fingerprint density at radius 1 is 1.32 bits per heavy atom. The highest BCUT2D eigenvalue weighted by atomic mass is 16.1. The first-order valence-corrected chi connectivity index (χ1v) is 7.03. The standard InChI is InChI=1S/C16H20N2O/c17-11-14-7-4-8-15(9-14)12-18-16(19)10-13-5-2-1-3-6-13/h4,7-9,13H,1-3,5-6,10,12H2,(H,18,19). The molecule has 1 saturated carbocycles. The van der Waals surface area contributed by atoms with Gasteiger partial charge in [0.1, 0.15) is 0 Å². The highest BCUT2D eigenvalue weighted by Gasteiger charge is 2.16. The number of carbonyl (C=O) groups excluding carboxylic acids is 1. The van der Waals surface area contributed by atoms with Crippen molar-refractivity contribution in [2.45, 2.75) is 45.1 Å². The molecule has 1 amide bonds. The molecule has 3 nitrogen and oxygen atoms in total. The first-order chi connectivity index (χ1) is 9.28. The second-order valence-corrected chi connectivity index (χ2v) is 5.30. The van der Waals surface area contributed by atoms with Crippen LogP contribution in [-0.4, -0.2) is 5.91 Å². The van der Waals surface area contributed by atoms with E-state index >= 15 is 0 Å². The highest BCUT2D eigenvalue weighted by molar-refractivity contribution is 5.76. The number of nitriles is 1. The van der Waals surface area contributed by atoms with Gasteiger partial charge in [-0.25, -0.2) is 0 Å². The number of rotatable bonds is 4. The predicted molar refractivity (Wildman–Crippen MR) is 74.2 cm³/mol. The second kappa shape index (κ2) is 6.94. The van der Waals surface area contributed by atoms with Crippen molar-refractivity contribution in [1.82, 2.24) is 5.32 Å². The van der Waals surface area contributed by atoms with Crippen LogP contribution in [0.3, 0.4) is 0 Å². The van der Waals surface area contributed by atoms with Crippen molar-refractivity contribution in [1.29, 1.82) is 5.26 Å². The largest absolute Gasteiger partial charge is 0.352 e. The zero-order valence-electron chi connectivity index (χ0n) is 11.2. The summed E-state index contributed by atoms with van der Waals surface area (Å²) in [6.07, 6.45) is 6.88. The lowest BCUT2D eigenvalue weighted by atomic mass is 9.87. The molecule has 0 heterocycles. The fraction of sp³-hybridized carbons (Fsp3) is 0.500. The summed E-state index contributed by atoms with van der Waals surface area (Å²) in [6, 6.07) is 9.48. The monoisotopic (exact) mass is 256 g/mol. The smallest absolute Gasteiger partial charge is 0.220 e. The molecule has 0 unspecified atom stereocenters. The van der Waals surface area contributed by atoms with E-state index in [0.717, 1.165) is 5.56 Å². The maximum atomic E-state index is 11.9. The molecule has 100 valence electrons. The van der Waals surface area contributed by atoms with Gasteiger partial charge >= 0.3 is 0 Å². The minimum atomic E-state index is 0.134. The third kappa shape index (κ3) is 4.40. The molecule has 0 aromatic heterocycles. The van der Waals surface area contributed by atoms with Crippen LogP contribution < -0.4 is 5.32 Å². The number of nitrogens with one attached hydrogen (secondary N) is 1. The lowest BCUT2D eigenvalue weighted by Gasteiger charge is -2.20. The van der Waals surface area contributed by atoms with E-state index in [1.165, 1.54) is 32.1 Å². The number of benzene rings is 1. The van der Waals surface area contributed by atoms with E-state index in [1.807, 2.05) is 18.2 Å². The van der Waals surface area contributed by atoms with Crippen LogP contribution in [0, 0.1) is 17.2 Å². The molecule has 0 spiro atoms. The van der Waals surface area contributed by atoms with E-state index in [1.54, 1.807) is 6.07 Å². The van der Waals surface area contributed by atoms with Crippen LogP contribution in [0.4, 0.5) is 0 Å². The lowest BCUT2D eigenvalue weighted by molar-refractivity contribution is -0.122. The zero-order valence-corrected chi connectivity index (χ0v) is 11.2. The summed E-state index contributed by atoms with van der Waals surface area (Å²) >= 11 is 0. The van der Waals surface area contributed by atoms with E-state index in [2.05, 4.69) is 11.4 Å². The quantitative estimate of drug-likeness (QED) is 0.899. The predicted octanol–water partition coefficient (Wildman–Crippen LogP) is 3.14. The molecular formula is C16H20N2O. The van der Waals surface area contributed by atoms with Crippen molar-refractivity contribution in [3.63, 3.8) is 0 Å². The summed E-state index contributed by atoms with van der Waals surface area (Å²) in [7, 11) is 0. The van der Waals surface area contributed by atoms with Gasteiger partial charge in [0, 0.05) is 13.0 Å². The summed E-state index contributed by atoms with van der Waals surface area (Å²) < 4.78 is 0. The van der Waals surface area contributed by atoms with Crippen molar-refractivity contribution < 1.29 is 4.79 Å². The summed E-state index contributed by atoms with van der Waals surface area (Å²) in [5.41, 5.74) is 1.62. The van der Waals surface area contributed by atoms with E-state index in [0.29, 0.717) is 24.4 Å². The molecule has 0 aliphatic heterocycles. The Hall–Kier alpha value is -1.82. The van der Waals surface area contributed by atoms with Crippen molar-refractivity contribution in [3.8, 4) is 6.07 Å². The van der Waals surface area contributed by atoms with Gasteiger partial charge in [0.25, 0.3) is 0 Å². The van der Waals surface area contributed by atoms with Gasteiger partial charge in [-0.2, -0.15) is 5.26 Å². The first kappa shape index (κ1) is 13.6. The highest BCUT2D eigenvalue weighted by Crippen LogP contribution is 2.26. The molecular weight excluding hydrogens is 236 g/mol. The normalized spacial score (nSPS) is 15.7. The number of amides is 1. The van der Waals surface area contributed by atoms with E-state index in [9.17, 15) is 4.79 Å². The van der Waals surface area contributed by atoms with Crippen LogP contribution in [-0.2, 0) is 11.3 Å². The summed E-state index contributed by atoms with van der Waals surface area (Å²) in [5, 5.41) is 11.8. The van der Waals surface area contributed by atoms with Gasteiger partial charge in [0.15, 0.2) is 0 Å². The number of hydrogen-bond acceptors (Lipinski definition) is 2. The SMILES string of the molecule is N#Cc1cccc(CNC(=O)CC2CCCCC2)c1. The van der Waals surface area contributed by atoms with Gasteiger partial charge in [0.2, 0.25) is 5.91 Å². The van der Waals surface area contributed by atoms with Crippen molar-refractivity contribution in [2.75, 3.05) is 0 Å². The fourth-order valence-corrected chi connectivity index (χ4v) is 2.68. The molecule has 0 radical (unpaired) electrons. The number of hydrogen-bond donors (Lipinski definition) is 1. The van der Waals surface area contributed by atoms with E-state index in [4.69, 9.17) is 5.26 Å². The Bertz CT molecular complexity index is 470. The molecule has 1 aromatic rings. The van der Waals surface area contributed by atoms with E-state index in [-0.39, 0.29) is 5.91 Å². The average molecular weight is 256 g/mol. The van der Waals surface area contributed by atoms with Gasteiger partial charge in [0.05, 0.1) is 11.6 Å². The molecule has 1 aliphatic carbocycles. The van der Waals surface area contributed by atoms with Gasteiger partial charge in [-0.3, -0.25) is 4.79 Å². The Balaban J connectivity index is 1.78. The van der Waals surface area contributed by atoms with Crippen molar-refractivity contribution >= 4 is 5.91 Å². The molecule has 1 aromatic carbocycles. The Kier molecular flexibility index (Phi) is 4.97. The van der Waals surface area contributed by atoms with Crippen LogP contribution in [0.25, 0.3) is 0 Å². The Morgan fingerprint density at radius 3 is 2.84 bits per heavy atom. The van der Waals surface area contributed by atoms with Gasteiger partial charge < -0.3 is 5.32 Å². The van der Waals surface area contributed by atoms with Gasteiger partial charge in [-0.15, -0.1) is 0 Å². The third-order valence-electron chi connectivity index (χ3n) is 3.74. The lowest BCUT2D eigenvalue weighted by Crippen LogP contribution is -2.25. The van der Waals surface area contributed by atoms with E-state index < -0.39 is 0 Å². The molecule has 1 aliphatic rings. The fourth-order valence-electron chi connectivity index (χ4n) is 2.68. The van der Waals surface area contributed by atoms with Crippen LogP contribution in [0.2, 0.25) is 0 Å². The Morgan fingerprint density at radius 2 is 2.11 bits per heavy atom. The van der Waals surface area contributed by atoms with Crippen LogP contribution in [0.5, 0.6) is 0 Å². The van der Waals surface area contributed by atoms with Gasteiger partial charge in [-0.1, -0.05) is 31.4 Å². The minimum Gasteiger partial charge on any atom is -0.352 e. The maximum Gasteiger partial charge on any atom is 0.220 e. The molecule has 2 rings (SSSR count). The summed E-state index contributed by atoms with van der Waals surface area (Å²) in [4.78, 5) is 11.9. The first-order valence-electron chi connectivity index (χ1n) is 7.03. The average Bonchev–Trinajstić information content (AvgIpc) is 2.46. The van der Waals surface area contributed by atoms with Crippen LogP contribution >= 0.6 is 0 Å². The minimum absolute atomic E-state index is 0.134. The maximum absolute atomic E-state index is 11.9. The summed E-state index contributed by atoms with van der Waals surface area (Å²) in [6.45, 7) is 0.515. The molecule has 0 saturated heterocycles. The van der Waals surface area contributed by atoms with Gasteiger partial charge in [-0.05, 0) is 36.5 Å². The molecule has 0 bridgehead atoms. The van der Waals surface area contributed by atoms with Crippen LogP contribution in [0.1, 0.15) is 49.7 Å². The zero-order chi connectivity index (χ0) is 13.5. The van der Waals surface area contributed by atoms with Crippen molar-refractivity contribution in [2.24, 2.45) is 5.92 Å². The molecule has 1 fully saturated rings. The van der Waals surface area contributed by atoms with Crippen LogP contribution in [0.15, 0.2) is 24.3 Å². The number of carbonyl (C=O) groups is 1. The molecule has 0 atom stereocenters. The summed E-state index contributed by atoms with van der Waals surface area (Å²) in [5.74, 6) is 0.702. The Labute approximate surface area is 114 Å². The molecule has 1 N–H and O–H groups in total. The van der Waals surface area contributed by atoms with Crippen molar-refractivity contribution in [3.05, 3.63) is 35.4 Å². The molecule has 19 heavy (non-hydrogen) atoms.